The van der Waals surface area contributed by atoms with Gasteiger partial charge in [0.05, 0.1) is 32.7 Å². The summed E-state index contributed by atoms with van der Waals surface area (Å²) < 4.78 is 16.2. The van der Waals surface area contributed by atoms with E-state index in [1.165, 1.54) is 4.90 Å². The SMILES string of the molecule is COc1ccc(-c2ccc(N3CCN(C(=O)CN(Cc4ccco4)C(=O)c4ccc(Cl)cc4)CC3)nn2)c(OC)c1. The fourth-order valence-corrected chi connectivity index (χ4v) is 4.79. The van der Waals surface area contributed by atoms with E-state index < -0.39 is 0 Å². The molecule has 5 rings (SSSR count). The molecule has 2 aromatic carbocycles. The van der Waals surface area contributed by atoms with Gasteiger partial charge in [0.1, 0.15) is 23.8 Å². The third-order valence-electron chi connectivity index (χ3n) is 6.92. The van der Waals surface area contributed by atoms with Crippen LogP contribution < -0.4 is 14.4 Å². The Balaban J connectivity index is 1.21. The predicted octanol–water partition coefficient (Wildman–Crippen LogP) is 4.40. The lowest BCUT2D eigenvalue weighted by atomic mass is 10.1. The number of benzene rings is 2. The zero-order valence-corrected chi connectivity index (χ0v) is 23.6. The van der Waals surface area contributed by atoms with Crippen LogP contribution in [0.4, 0.5) is 5.82 Å². The summed E-state index contributed by atoms with van der Waals surface area (Å²) in [5, 5.41) is 9.38. The maximum absolute atomic E-state index is 13.3. The number of hydrogen-bond donors (Lipinski definition) is 0. The summed E-state index contributed by atoms with van der Waals surface area (Å²) >= 11 is 5.99. The molecule has 3 heterocycles. The average Bonchev–Trinajstić information content (AvgIpc) is 3.54. The number of rotatable bonds is 9. The molecule has 212 valence electrons. The Hall–Kier alpha value is -4.57. The third-order valence-corrected chi connectivity index (χ3v) is 7.17. The molecule has 0 spiro atoms. The maximum atomic E-state index is 13.3. The standard InChI is InChI=1S/C30H30ClN5O5/c1-39-23-9-10-25(27(18-23)40-2)26-11-12-28(33-32-26)34-13-15-35(16-14-34)29(37)20-36(19-24-4-3-17-41-24)30(38)21-5-7-22(31)8-6-21/h3-12,17-18H,13-16,19-20H2,1-2H3. The molecule has 0 atom stereocenters. The highest BCUT2D eigenvalue weighted by Crippen LogP contribution is 2.32. The molecule has 41 heavy (non-hydrogen) atoms. The van der Waals surface area contributed by atoms with Gasteiger partial charge in [-0.1, -0.05) is 11.6 Å². The van der Waals surface area contributed by atoms with Gasteiger partial charge < -0.3 is 28.6 Å². The Bertz CT molecular complexity index is 1470. The van der Waals surface area contributed by atoms with E-state index in [1.807, 2.05) is 24.3 Å². The van der Waals surface area contributed by atoms with Crippen molar-refractivity contribution in [2.75, 3.05) is 51.8 Å². The number of hydrogen-bond acceptors (Lipinski definition) is 8. The first kappa shape index (κ1) is 28.0. The van der Waals surface area contributed by atoms with E-state index in [2.05, 4.69) is 15.1 Å². The summed E-state index contributed by atoms with van der Waals surface area (Å²) in [6.07, 6.45) is 1.55. The minimum atomic E-state index is -0.270. The molecule has 0 bridgehead atoms. The van der Waals surface area contributed by atoms with Crippen LogP contribution in [-0.2, 0) is 11.3 Å². The second kappa shape index (κ2) is 12.7. The zero-order valence-electron chi connectivity index (χ0n) is 22.8. The molecule has 2 amide bonds. The molecule has 11 heteroatoms. The third kappa shape index (κ3) is 6.60. The van der Waals surface area contributed by atoms with Crippen molar-refractivity contribution in [3.8, 4) is 22.8 Å². The fourth-order valence-electron chi connectivity index (χ4n) is 4.66. The minimum absolute atomic E-state index is 0.0691. The second-order valence-corrected chi connectivity index (χ2v) is 9.89. The number of aromatic nitrogens is 2. The number of nitrogens with zero attached hydrogens (tertiary/aromatic N) is 5. The van der Waals surface area contributed by atoms with Crippen LogP contribution in [0.15, 0.2) is 77.4 Å². The van der Waals surface area contributed by atoms with Crippen molar-refractivity contribution in [2.24, 2.45) is 0 Å². The summed E-state index contributed by atoms with van der Waals surface area (Å²) in [6.45, 7) is 2.29. The lowest BCUT2D eigenvalue weighted by Crippen LogP contribution is -2.52. The van der Waals surface area contributed by atoms with Crippen molar-refractivity contribution < 1.29 is 23.5 Å². The molecular formula is C30H30ClN5O5. The number of anilines is 1. The monoisotopic (exact) mass is 575 g/mol. The van der Waals surface area contributed by atoms with Gasteiger partial charge in [0.15, 0.2) is 5.82 Å². The molecule has 2 aromatic heterocycles. The van der Waals surface area contributed by atoms with Gasteiger partial charge in [-0.2, -0.15) is 0 Å². The number of ether oxygens (including phenoxy) is 2. The molecule has 1 fully saturated rings. The van der Waals surface area contributed by atoms with E-state index >= 15 is 0 Å². The van der Waals surface area contributed by atoms with Gasteiger partial charge in [-0.25, -0.2) is 0 Å². The number of furan rings is 1. The Morgan fingerprint density at radius 3 is 2.37 bits per heavy atom. The molecule has 0 radical (unpaired) electrons. The fraction of sp³-hybridized carbons (Fsp3) is 0.267. The first-order valence-corrected chi connectivity index (χ1v) is 13.5. The van der Waals surface area contributed by atoms with Crippen LogP contribution in [0.25, 0.3) is 11.3 Å². The van der Waals surface area contributed by atoms with Crippen LogP contribution in [0, 0.1) is 0 Å². The van der Waals surface area contributed by atoms with Gasteiger partial charge in [-0.05, 0) is 60.7 Å². The van der Waals surface area contributed by atoms with Crippen molar-refractivity contribution in [1.82, 2.24) is 20.0 Å². The van der Waals surface area contributed by atoms with Crippen LogP contribution in [0.3, 0.4) is 0 Å². The Morgan fingerprint density at radius 1 is 0.951 bits per heavy atom. The molecule has 0 aliphatic carbocycles. The molecule has 1 aliphatic rings. The van der Waals surface area contributed by atoms with Crippen LogP contribution in [0.2, 0.25) is 5.02 Å². The number of methoxy groups -OCH3 is 2. The maximum Gasteiger partial charge on any atom is 0.254 e. The second-order valence-electron chi connectivity index (χ2n) is 9.46. The summed E-state index contributed by atoms with van der Waals surface area (Å²) in [4.78, 5) is 31.9. The lowest BCUT2D eigenvalue weighted by Gasteiger charge is -2.36. The van der Waals surface area contributed by atoms with Gasteiger partial charge >= 0.3 is 0 Å². The number of halogens is 1. The van der Waals surface area contributed by atoms with Gasteiger partial charge in [-0.15, -0.1) is 10.2 Å². The minimum Gasteiger partial charge on any atom is -0.497 e. The first-order valence-electron chi connectivity index (χ1n) is 13.1. The molecule has 1 saturated heterocycles. The number of carbonyl (C=O) groups excluding carboxylic acids is 2. The van der Waals surface area contributed by atoms with Crippen LogP contribution >= 0.6 is 11.6 Å². The number of piperazine rings is 1. The first-order chi connectivity index (χ1) is 19.9. The van der Waals surface area contributed by atoms with Gasteiger partial charge in [-0.3, -0.25) is 9.59 Å². The highest BCUT2D eigenvalue weighted by atomic mass is 35.5. The van der Waals surface area contributed by atoms with Crippen molar-refractivity contribution in [3.05, 3.63) is 89.3 Å². The summed E-state index contributed by atoms with van der Waals surface area (Å²) in [6, 6.07) is 19.5. The van der Waals surface area contributed by atoms with E-state index in [9.17, 15) is 9.59 Å². The Kier molecular flexibility index (Phi) is 8.69. The lowest BCUT2D eigenvalue weighted by molar-refractivity contribution is -0.132. The van der Waals surface area contributed by atoms with E-state index in [-0.39, 0.29) is 24.9 Å². The largest absolute Gasteiger partial charge is 0.497 e. The van der Waals surface area contributed by atoms with Crippen LogP contribution in [0.1, 0.15) is 16.1 Å². The molecule has 0 saturated carbocycles. The molecule has 10 nitrogen and oxygen atoms in total. The quantitative estimate of drug-likeness (QED) is 0.289. The summed E-state index contributed by atoms with van der Waals surface area (Å²) in [5.41, 5.74) is 1.95. The molecule has 4 aromatic rings. The molecular weight excluding hydrogens is 546 g/mol. The van der Waals surface area contributed by atoms with E-state index in [4.69, 9.17) is 25.5 Å². The van der Waals surface area contributed by atoms with E-state index in [0.717, 1.165) is 11.4 Å². The van der Waals surface area contributed by atoms with Crippen molar-refractivity contribution in [2.45, 2.75) is 6.54 Å². The van der Waals surface area contributed by atoms with E-state index in [1.54, 1.807) is 67.8 Å². The van der Waals surface area contributed by atoms with Crippen LogP contribution in [-0.4, -0.2) is 78.8 Å². The Morgan fingerprint density at radius 2 is 1.73 bits per heavy atom. The highest BCUT2D eigenvalue weighted by molar-refractivity contribution is 6.30. The zero-order chi connectivity index (χ0) is 28.8. The van der Waals surface area contributed by atoms with Crippen LogP contribution in [0.5, 0.6) is 11.5 Å². The van der Waals surface area contributed by atoms with Crippen molar-refractivity contribution in [1.29, 1.82) is 0 Å². The predicted molar refractivity (Wildman–Crippen MR) is 154 cm³/mol. The molecule has 0 N–H and O–H groups in total. The van der Waals surface area contributed by atoms with Gasteiger partial charge in [0, 0.05) is 48.4 Å². The summed E-state index contributed by atoms with van der Waals surface area (Å²) in [5.74, 6) is 2.26. The van der Waals surface area contributed by atoms with Gasteiger partial charge in [0.2, 0.25) is 5.91 Å². The summed E-state index contributed by atoms with van der Waals surface area (Å²) in [7, 11) is 3.21. The smallest absolute Gasteiger partial charge is 0.254 e. The Labute approximate surface area is 243 Å². The van der Waals surface area contributed by atoms with Crippen molar-refractivity contribution in [3.63, 3.8) is 0 Å². The topological polar surface area (TPSA) is 101 Å². The van der Waals surface area contributed by atoms with Crippen molar-refractivity contribution >= 4 is 29.2 Å². The number of amides is 2. The average molecular weight is 576 g/mol. The highest BCUT2D eigenvalue weighted by Gasteiger charge is 2.27. The number of carbonyl (C=O) groups is 2. The normalized spacial score (nSPS) is 13.1. The van der Waals surface area contributed by atoms with E-state index in [0.29, 0.717) is 59.7 Å². The molecule has 0 unspecified atom stereocenters. The molecule has 1 aliphatic heterocycles. The van der Waals surface area contributed by atoms with Gasteiger partial charge in [0.25, 0.3) is 5.91 Å².